The number of fused-ring (bicyclic) bond motifs is 1. The molecule has 6 N–H and O–H groups in total. The number of hydrogen-bond acceptors (Lipinski definition) is 8. The van der Waals surface area contributed by atoms with Crippen LogP contribution in [-0.2, 0) is 11.2 Å². The first-order chi connectivity index (χ1) is 19.8. The maximum atomic E-state index is 14.8. The van der Waals surface area contributed by atoms with Gasteiger partial charge in [-0.25, -0.2) is 14.4 Å². The van der Waals surface area contributed by atoms with Crippen LogP contribution in [0.2, 0.25) is 0 Å². The average molecular weight is 568 g/mol. The Morgan fingerprint density at radius 1 is 1.12 bits per heavy atom. The fraction of sp³-hybridized carbons (Fsp3) is 0.286. The second-order valence-corrected chi connectivity index (χ2v) is 9.11. The van der Waals surface area contributed by atoms with E-state index in [1.165, 1.54) is 31.6 Å². The smallest absolute Gasteiger partial charge is 0.251 e. The van der Waals surface area contributed by atoms with Gasteiger partial charge in [-0.3, -0.25) is 14.0 Å². The number of benzene rings is 2. The van der Waals surface area contributed by atoms with E-state index in [0.29, 0.717) is 34.8 Å². The van der Waals surface area contributed by atoms with E-state index in [-0.39, 0.29) is 49.2 Å². The van der Waals surface area contributed by atoms with Crippen LogP contribution in [0.5, 0.6) is 5.75 Å². The molecule has 1 unspecified atom stereocenters. The summed E-state index contributed by atoms with van der Waals surface area (Å²) in [5, 5.41) is 18.0. The van der Waals surface area contributed by atoms with Gasteiger partial charge in [0.2, 0.25) is 11.7 Å². The van der Waals surface area contributed by atoms with Crippen molar-refractivity contribution in [3.05, 3.63) is 71.7 Å². The lowest BCUT2D eigenvalue weighted by Crippen LogP contribution is -2.37. The molecule has 11 nitrogen and oxygen atoms in total. The van der Waals surface area contributed by atoms with Crippen LogP contribution in [0.25, 0.3) is 16.9 Å². The lowest BCUT2D eigenvalue weighted by Gasteiger charge is -2.13. The van der Waals surface area contributed by atoms with Crippen LogP contribution in [-0.4, -0.2) is 64.1 Å². The molecule has 0 bridgehead atoms. The van der Waals surface area contributed by atoms with Gasteiger partial charge in [0.1, 0.15) is 0 Å². The third-order valence-corrected chi connectivity index (χ3v) is 6.39. The molecule has 2 heterocycles. The number of amides is 2. The third kappa shape index (κ3) is 6.58. The molecular formula is C28H31F2N7O4. The van der Waals surface area contributed by atoms with Gasteiger partial charge in [0.25, 0.3) is 5.91 Å². The normalized spacial score (nSPS) is 11.8. The highest BCUT2D eigenvalue weighted by Gasteiger charge is 2.19. The molecule has 216 valence electrons. The van der Waals surface area contributed by atoms with Crippen molar-refractivity contribution >= 4 is 29.0 Å². The summed E-state index contributed by atoms with van der Waals surface area (Å²) in [5.74, 6) is -2.60. The Bertz CT molecular complexity index is 1560. The molecule has 2 amide bonds. The Morgan fingerprint density at radius 3 is 2.63 bits per heavy atom. The van der Waals surface area contributed by atoms with E-state index in [1.807, 2.05) is 13.0 Å². The number of hydrogen-bond donors (Lipinski definition) is 5. The predicted octanol–water partition coefficient (Wildman–Crippen LogP) is 2.54. The first-order valence-electron chi connectivity index (χ1n) is 12.9. The molecular weight excluding hydrogens is 536 g/mol. The van der Waals surface area contributed by atoms with E-state index in [4.69, 9.17) is 10.5 Å². The van der Waals surface area contributed by atoms with E-state index >= 15 is 0 Å². The molecule has 0 saturated carbocycles. The highest BCUT2D eigenvalue weighted by Crippen LogP contribution is 2.31. The van der Waals surface area contributed by atoms with E-state index < -0.39 is 17.7 Å². The molecule has 41 heavy (non-hydrogen) atoms. The van der Waals surface area contributed by atoms with Crippen molar-refractivity contribution in [2.45, 2.75) is 25.9 Å². The predicted molar refractivity (Wildman–Crippen MR) is 149 cm³/mol. The fourth-order valence-electron chi connectivity index (χ4n) is 4.26. The van der Waals surface area contributed by atoms with Crippen molar-refractivity contribution in [1.29, 1.82) is 0 Å². The zero-order chi connectivity index (χ0) is 29.5. The highest BCUT2D eigenvalue weighted by molar-refractivity contribution is 5.96. The maximum absolute atomic E-state index is 14.8. The lowest BCUT2D eigenvalue weighted by atomic mass is 10.0. The van der Waals surface area contributed by atoms with Crippen LogP contribution >= 0.6 is 0 Å². The highest BCUT2D eigenvalue weighted by atomic mass is 19.2. The quantitative estimate of drug-likeness (QED) is 0.164. The second kappa shape index (κ2) is 13.2. The van der Waals surface area contributed by atoms with Crippen LogP contribution in [0.3, 0.4) is 0 Å². The Kier molecular flexibility index (Phi) is 9.42. The van der Waals surface area contributed by atoms with Crippen molar-refractivity contribution in [3.8, 4) is 17.0 Å². The molecule has 4 rings (SSSR count). The Hall–Kier alpha value is -4.62. The van der Waals surface area contributed by atoms with Crippen LogP contribution in [0, 0.1) is 11.6 Å². The number of anilines is 2. The number of ether oxygens (including phenoxy) is 1. The Balaban J connectivity index is 1.47. The molecule has 0 fully saturated rings. The van der Waals surface area contributed by atoms with Crippen LogP contribution < -0.4 is 26.4 Å². The molecule has 0 radical (unpaired) electrons. The summed E-state index contributed by atoms with van der Waals surface area (Å²) in [7, 11) is 1.26. The second-order valence-electron chi connectivity index (χ2n) is 9.11. The minimum absolute atomic E-state index is 0.00590. The summed E-state index contributed by atoms with van der Waals surface area (Å²) in [5.41, 5.74) is 7.94. The molecule has 0 aliphatic rings. The van der Waals surface area contributed by atoms with Gasteiger partial charge in [0, 0.05) is 48.8 Å². The Morgan fingerprint density at radius 2 is 1.90 bits per heavy atom. The number of carbonyl (C=O) groups is 2. The van der Waals surface area contributed by atoms with Crippen molar-refractivity contribution in [3.63, 3.8) is 0 Å². The molecule has 0 aliphatic heterocycles. The van der Waals surface area contributed by atoms with Crippen molar-refractivity contribution in [1.82, 2.24) is 25.0 Å². The number of aliphatic hydroxyl groups excluding tert-OH is 1. The summed E-state index contributed by atoms with van der Waals surface area (Å²) in [6.45, 7) is 2.33. The number of methoxy groups -OCH3 is 1. The number of aromatic nitrogens is 3. The number of nitrogens with zero attached hydrogens (tertiary/aromatic N) is 3. The molecule has 4 aromatic rings. The van der Waals surface area contributed by atoms with Gasteiger partial charge < -0.3 is 31.5 Å². The van der Waals surface area contributed by atoms with Gasteiger partial charge in [-0.15, -0.1) is 0 Å². The fourth-order valence-corrected chi connectivity index (χ4v) is 4.26. The number of carbonyl (C=O) groups excluding carboxylic acids is 2. The largest absolute Gasteiger partial charge is 0.494 e. The van der Waals surface area contributed by atoms with Gasteiger partial charge in [0.05, 0.1) is 31.5 Å². The van der Waals surface area contributed by atoms with E-state index in [2.05, 4.69) is 25.9 Å². The Labute approximate surface area is 234 Å². The molecule has 2 aromatic carbocycles. The number of halogens is 2. The minimum atomic E-state index is -1.09. The van der Waals surface area contributed by atoms with Crippen molar-refractivity contribution in [2.24, 2.45) is 5.73 Å². The van der Waals surface area contributed by atoms with Crippen LogP contribution in [0.15, 0.2) is 48.9 Å². The summed E-state index contributed by atoms with van der Waals surface area (Å²) in [6.07, 6.45) is 4.11. The number of aryl methyl sites for hydroxylation is 1. The van der Waals surface area contributed by atoms with Gasteiger partial charge in [-0.05, 0) is 42.3 Å². The summed E-state index contributed by atoms with van der Waals surface area (Å²) in [6, 6.07) is 7.99. The maximum Gasteiger partial charge on any atom is 0.251 e. The number of imidazole rings is 1. The third-order valence-electron chi connectivity index (χ3n) is 6.39. The van der Waals surface area contributed by atoms with Gasteiger partial charge in [-0.2, -0.15) is 4.39 Å². The zero-order valence-electron chi connectivity index (χ0n) is 22.6. The number of rotatable bonds is 12. The summed E-state index contributed by atoms with van der Waals surface area (Å²) >= 11 is 0. The van der Waals surface area contributed by atoms with Gasteiger partial charge in [0.15, 0.2) is 23.0 Å². The number of aliphatic hydroxyl groups is 1. The summed E-state index contributed by atoms with van der Waals surface area (Å²) in [4.78, 5) is 33.2. The van der Waals surface area contributed by atoms with E-state index in [1.54, 1.807) is 22.7 Å². The van der Waals surface area contributed by atoms with Gasteiger partial charge >= 0.3 is 0 Å². The lowest BCUT2D eigenvalue weighted by molar-refractivity contribution is -0.122. The van der Waals surface area contributed by atoms with Crippen LogP contribution in [0.1, 0.15) is 29.3 Å². The SMILES string of the molecule is CCc1cc(Nc2nccn3c(-c4ccc(OC)c(F)c4F)cnc23)ccc1C(=O)NCCNC(=O)CC(O)CN. The average Bonchev–Trinajstić information content (AvgIpc) is 3.41. The van der Waals surface area contributed by atoms with Crippen LogP contribution in [0.4, 0.5) is 20.3 Å². The molecule has 2 aromatic heterocycles. The minimum Gasteiger partial charge on any atom is -0.494 e. The molecule has 0 saturated heterocycles. The van der Waals surface area contributed by atoms with E-state index in [0.717, 1.165) is 5.56 Å². The monoisotopic (exact) mass is 567 g/mol. The molecule has 13 heteroatoms. The first kappa shape index (κ1) is 29.4. The number of nitrogens with one attached hydrogen (secondary N) is 3. The molecule has 1 atom stereocenters. The zero-order valence-corrected chi connectivity index (χ0v) is 22.6. The van der Waals surface area contributed by atoms with Crippen molar-refractivity contribution in [2.75, 3.05) is 32.1 Å². The molecule has 0 spiro atoms. The molecule has 0 aliphatic carbocycles. The van der Waals surface area contributed by atoms with E-state index in [9.17, 15) is 23.5 Å². The topological polar surface area (TPSA) is 156 Å². The number of nitrogens with two attached hydrogens (primary N) is 1. The first-order valence-corrected chi connectivity index (χ1v) is 12.9. The van der Waals surface area contributed by atoms with Gasteiger partial charge in [-0.1, -0.05) is 6.92 Å². The standard InChI is InChI=1S/C28H31F2N7O4/c1-3-16-12-17(4-5-19(16)28(40)34-9-8-32-23(39)13-18(38)14-31)36-26-27-35-15-21(37(27)11-10-33-26)20-6-7-22(41-2)25(30)24(20)29/h4-7,10-12,15,18,38H,3,8-9,13-14,31H2,1-2H3,(H,32,39)(H,33,36)(H,34,40). The summed E-state index contributed by atoms with van der Waals surface area (Å²) < 4.78 is 35.6. The van der Waals surface area contributed by atoms with Crippen molar-refractivity contribution < 1.29 is 28.2 Å².